The summed E-state index contributed by atoms with van der Waals surface area (Å²) in [6.07, 6.45) is 0. The standard InChI is InChI=1S/C10H8N3S.CH4O4S/c1-13-6-14-10-9(13)11-7-4-2-3-5-8(7)12-10;1-5-6(2,3)4/h2-6H,1H3;1H3,(H,2,3,4)/q+1;/p-1. The molecule has 0 radical (unpaired) electrons. The number of benzene rings is 1. The molecule has 0 amide bonds. The molecular weight excluding hydrogens is 302 g/mol. The molecule has 0 aliphatic carbocycles. The van der Waals surface area contributed by atoms with Gasteiger partial charge in [0.05, 0.1) is 14.2 Å². The normalized spacial score (nSPS) is 11.3. The van der Waals surface area contributed by atoms with Gasteiger partial charge in [-0.1, -0.05) is 23.5 Å². The zero-order valence-corrected chi connectivity index (χ0v) is 12.3. The Balaban J connectivity index is 0.000000212. The Labute approximate surface area is 119 Å². The first-order valence-electron chi connectivity index (χ1n) is 5.42. The molecule has 9 heteroatoms. The summed E-state index contributed by atoms with van der Waals surface area (Å²) in [7, 11) is -1.62. The van der Waals surface area contributed by atoms with Crippen LogP contribution in [-0.4, -0.2) is 30.0 Å². The number of aromatic nitrogens is 3. The van der Waals surface area contributed by atoms with Gasteiger partial charge >= 0.3 is 5.65 Å². The fourth-order valence-electron chi connectivity index (χ4n) is 1.46. The average Bonchev–Trinajstić information content (AvgIpc) is 2.77. The van der Waals surface area contributed by atoms with Gasteiger partial charge < -0.3 is 4.55 Å². The highest BCUT2D eigenvalue weighted by Gasteiger charge is 2.12. The lowest BCUT2D eigenvalue weighted by atomic mass is 10.3. The van der Waals surface area contributed by atoms with Crippen LogP contribution in [0.1, 0.15) is 0 Å². The fraction of sp³-hybridized carbons (Fsp3) is 0.182. The lowest BCUT2D eigenvalue weighted by Crippen LogP contribution is -2.25. The highest BCUT2D eigenvalue weighted by Crippen LogP contribution is 2.16. The van der Waals surface area contributed by atoms with Crippen molar-refractivity contribution in [3.8, 4) is 0 Å². The van der Waals surface area contributed by atoms with Crippen molar-refractivity contribution < 1.29 is 21.7 Å². The number of hydrogen-bond donors (Lipinski definition) is 0. The molecule has 2 heterocycles. The molecule has 0 bridgehead atoms. The maximum atomic E-state index is 9.22. The Morgan fingerprint density at radius 1 is 1.25 bits per heavy atom. The Hall–Kier alpha value is -1.68. The lowest BCUT2D eigenvalue weighted by molar-refractivity contribution is -0.642. The van der Waals surface area contributed by atoms with Crippen LogP contribution in [0.25, 0.3) is 21.5 Å². The molecule has 0 atom stereocenters. The smallest absolute Gasteiger partial charge is 0.360 e. The van der Waals surface area contributed by atoms with Gasteiger partial charge in [-0.15, -0.1) is 0 Å². The van der Waals surface area contributed by atoms with Crippen LogP contribution in [0.2, 0.25) is 0 Å². The molecule has 0 aliphatic rings. The molecule has 3 rings (SSSR count). The summed E-state index contributed by atoms with van der Waals surface area (Å²) >= 11 is 1.62. The minimum atomic E-state index is -4.41. The van der Waals surface area contributed by atoms with Gasteiger partial charge in [-0.25, -0.2) is 18.0 Å². The molecule has 0 unspecified atom stereocenters. The molecular formula is C11H11N3O4S2. The van der Waals surface area contributed by atoms with E-state index in [0.29, 0.717) is 0 Å². The number of nitrogens with zero attached hydrogens (tertiary/aromatic N) is 3. The van der Waals surface area contributed by atoms with Gasteiger partial charge in [0.25, 0.3) is 0 Å². The van der Waals surface area contributed by atoms with Crippen molar-refractivity contribution in [1.29, 1.82) is 0 Å². The summed E-state index contributed by atoms with van der Waals surface area (Å²) in [5, 5.41) is 0. The van der Waals surface area contributed by atoms with E-state index in [-0.39, 0.29) is 0 Å². The Morgan fingerprint density at radius 3 is 2.35 bits per heavy atom. The van der Waals surface area contributed by atoms with Crippen LogP contribution in [0.5, 0.6) is 0 Å². The van der Waals surface area contributed by atoms with E-state index in [1.807, 2.05) is 41.4 Å². The van der Waals surface area contributed by atoms with Crippen LogP contribution in [0, 0.1) is 0 Å². The van der Waals surface area contributed by atoms with E-state index in [1.165, 1.54) is 0 Å². The first-order valence-corrected chi connectivity index (χ1v) is 7.63. The first kappa shape index (κ1) is 14.7. The van der Waals surface area contributed by atoms with E-state index < -0.39 is 10.4 Å². The van der Waals surface area contributed by atoms with E-state index in [1.54, 1.807) is 11.3 Å². The Kier molecular flexibility index (Phi) is 4.23. The van der Waals surface area contributed by atoms with Crippen molar-refractivity contribution in [1.82, 2.24) is 9.97 Å². The molecule has 1 aromatic carbocycles. The Morgan fingerprint density at radius 2 is 1.80 bits per heavy atom. The quantitative estimate of drug-likeness (QED) is 0.374. The van der Waals surface area contributed by atoms with E-state index in [4.69, 9.17) is 0 Å². The summed E-state index contributed by atoms with van der Waals surface area (Å²) in [5.41, 5.74) is 4.88. The van der Waals surface area contributed by atoms with Gasteiger partial charge in [-0.05, 0) is 17.1 Å². The first-order chi connectivity index (χ1) is 9.40. The SMILES string of the molecule is COS(=O)(=O)[O-].C[n+]1csc2nc3ccccc3nc21. The number of rotatable bonds is 1. The second-order valence-corrected chi connectivity index (χ2v) is 5.73. The summed E-state index contributed by atoms with van der Waals surface area (Å²) < 4.78 is 33.0. The van der Waals surface area contributed by atoms with Crippen LogP contribution in [0.4, 0.5) is 0 Å². The Bertz CT molecular complexity index is 845. The van der Waals surface area contributed by atoms with Gasteiger partial charge in [-0.3, -0.25) is 4.18 Å². The van der Waals surface area contributed by atoms with Crippen molar-refractivity contribution in [3.05, 3.63) is 29.8 Å². The third-order valence-electron chi connectivity index (χ3n) is 2.38. The van der Waals surface area contributed by atoms with Crippen molar-refractivity contribution in [2.45, 2.75) is 0 Å². The van der Waals surface area contributed by atoms with Gasteiger partial charge in [-0.2, -0.15) is 0 Å². The molecule has 0 fully saturated rings. The maximum absolute atomic E-state index is 9.22. The van der Waals surface area contributed by atoms with E-state index in [2.05, 4.69) is 14.2 Å². The van der Waals surface area contributed by atoms with Crippen LogP contribution < -0.4 is 4.57 Å². The van der Waals surface area contributed by atoms with Crippen LogP contribution in [0.15, 0.2) is 29.8 Å². The molecule has 7 nitrogen and oxygen atoms in total. The van der Waals surface area contributed by atoms with E-state index in [9.17, 15) is 13.0 Å². The minimum Gasteiger partial charge on any atom is -0.726 e. The molecule has 0 N–H and O–H groups in total. The second kappa shape index (κ2) is 5.75. The molecule has 0 aliphatic heterocycles. The van der Waals surface area contributed by atoms with Crippen molar-refractivity contribution >= 4 is 43.2 Å². The van der Waals surface area contributed by atoms with Crippen molar-refractivity contribution in [2.75, 3.05) is 7.11 Å². The van der Waals surface area contributed by atoms with Gasteiger partial charge in [0, 0.05) is 0 Å². The molecule has 0 saturated carbocycles. The maximum Gasteiger partial charge on any atom is 0.360 e. The average molecular weight is 313 g/mol. The summed E-state index contributed by atoms with van der Waals surface area (Å²) in [6.45, 7) is 0. The number of hydrogen-bond acceptors (Lipinski definition) is 7. The van der Waals surface area contributed by atoms with Crippen LogP contribution >= 0.6 is 11.3 Å². The van der Waals surface area contributed by atoms with Crippen LogP contribution in [0.3, 0.4) is 0 Å². The zero-order valence-electron chi connectivity index (χ0n) is 10.7. The molecule has 2 aromatic heterocycles. The number of fused-ring (bicyclic) bond motifs is 2. The van der Waals surface area contributed by atoms with Gasteiger partial charge in [0.2, 0.25) is 20.7 Å². The fourth-order valence-corrected chi connectivity index (χ4v) is 2.27. The summed E-state index contributed by atoms with van der Waals surface area (Å²) in [5.74, 6) is 0. The summed E-state index contributed by atoms with van der Waals surface area (Å²) in [6, 6.07) is 7.94. The van der Waals surface area contributed by atoms with E-state index in [0.717, 1.165) is 28.6 Å². The molecule has 0 saturated heterocycles. The number of para-hydroxylation sites is 2. The highest BCUT2D eigenvalue weighted by molar-refractivity contribution is 7.80. The third-order valence-corrected chi connectivity index (χ3v) is 3.71. The largest absolute Gasteiger partial charge is 0.726 e. The summed E-state index contributed by atoms with van der Waals surface area (Å²) in [4.78, 5) is 10.1. The minimum absolute atomic E-state index is 0.808. The second-order valence-electron chi connectivity index (χ2n) is 3.75. The highest BCUT2D eigenvalue weighted by atomic mass is 32.3. The van der Waals surface area contributed by atoms with Crippen molar-refractivity contribution in [3.63, 3.8) is 0 Å². The molecule has 20 heavy (non-hydrogen) atoms. The van der Waals surface area contributed by atoms with Crippen molar-refractivity contribution in [2.24, 2.45) is 7.05 Å². The number of thiazole rings is 1. The lowest BCUT2D eigenvalue weighted by Gasteiger charge is -1.98. The van der Waals surface area contributed by atoms with Crippen LogP contribution in [-0.2, 0) is 21.6 Å². The number of aryl methyl sites for hydroxylation is 1. The van der Waals surface area contributed by atoms with Gasteiger partial charge in [0.1, 0.15) is 11.0 Å². The predicted molar refractivity (Wildman–Crippen MR) is 72.8 cm³/mol. The monoisotopic (exact) mass is 313 g/mol. The zero-order chi connectivity index (χ0) is 14.8. The van der Waals surface area contributed by atoms with Gasteiger partial charge in [0.15, 0.2) is 0 Å². The third kappa shape index (κ3) is 3.45. The molecule has 3 aromatic rings. The van der Waals surface area contributed by atoms with E-state index >= 15 is 0 Å². The molecule has 0 spiro atoms. The molecule has 106 valence electrons. The topological polar surface area (TPSA) is 96.1 Å². The predicted octanol–water partition coefficient (Wildman–Crippen LogP) is 0.762.